The molecule has 0 unspecified atom stereocenters. The van der Waals surface area contributed by atoms with Gasteiger partial charge in [-0.2, -0.15) is 10.2 Å². The minimum absolute atomic E-state index is 0.0102. The molecule has 1 aromatic heterocycles. The number of nitro groups is 1. The number of hydrazone groups is 1. The van der Waals surface area contributed by atoms with Gasteiger partial charge in [0.05, 0.1) is 36.4 Å². The standard InChI is InChI=1S/C20H18BrN5O5/c1-30-16-7-8-18(31-2)14(9-16)10-22-23-20(27)19-17(21)12-25(24-19)11-13-3-5-15(6-4-13)26(28)29/h3-10,12H,11H2,1-2H3,(H,23,27). The Hall–Kier alpha value is -3.73. The largest absolute Gasteiger partial charge is 0.497 e. The maximum absolute atomic E-state index is 12.5. The van der Waals surface area contributed by atoms with E-state index in [4.69, 9.17) is 9.47 Å². The highest BCUT2D eigenvalue weighted by Gasteiger charge is 2.15. The van der Waals surface area contributed by atoms with Crippen molar-refractivity contribution in [1.82, 2.24) is 15.2 Å². The first-order chi connectivity index (χ1) is 14.9. The first kappa shape index (κ1) is 22.0. The van der Waals surface area contributed by atoms with Gasteiger partial charge in [-0.3, -0.25) is 19.6 Å². The summed E-state index contributed by atoms with van der Waals surface area (Å²) in [4.78, 5) is 22.7. The fourth-order valence-corrected chi connectivity index (χ4v) is 3.19. The van der Waals surface area contributed by atoms with E-state index in [2.05, 4.69) is 31.6 Å². The number of carbonyl (C=O) groups is 1. The van der Waals surface area contributed by atoms with E-state index in [0.717, 1.165) is 5.56 Å². The van der Waals surface area contributed by atoms with Gasteiger partial charge in [0.15, 0.2) is 5.69 Å². The van der Waals surface area contributed by atoms with Gasteiger partial charge in [0, 0.05) is 23.9 Å². The van der Waals surface area contributed by atoms with Crippen molar-refractivity contribution in [2.45, 2.75) is 6.54 Å². The van der Waals surface area contributed by atoms with Crippen LogP contribution in [0, 0.1) is 10.1 Å². The molecule has 0 atom stereocenters. The topological polar surface area (TPSA) is 121 Å². The molecule has 1 heterocycles. The number of nitrogens with zero attached hydrogens (tertiary/aromatic N) is 4. The molecule has 0 fully saturated rings. The summed E-state index contributed by atoms with van der Waals surface area (Å²) in [5.41, 5.74) is 4.02. The average Bonchev–Trinajstić information content (AvgIpc) is 3.13. The Morgan fingerprint density at radius 2 is 2.00 bits per heavy atom. The number of rotatable bonds is 8. The molecule has 0 spiro atoms. The smallest absolute Gasteiger partial charge is 0.293 e. The second kappa shape index (κ2) is 9.85. The second-order valence-electron chi connectivity index (χ2n) is 6.25. The zero-order valence-corrected chi connectivity index (χ0v) is 18.2. The number of ether oxygens (including phenoxy) is 2. The summed E-state index contributed by atoms with van der Waals surface area (Å²) in [6.45, 7) is 0.341. The number of non-ortho nitro benzene ring substituents is 1. The Morgan fingerprint density at radius 1 is 1.26 bits per heavy atom. The lowest BCUT2D eigenvalue weighted by Crippen LogP contribution is -2.19. The third kappa shape index (κ3) is 5.45. The van der Waals surface area contributed by atoms with Crippen molar-refractivity contribution < 1.29 is 19.2 Å². The van der Waals surface area contributed by atoms with Crippen LogP contribution in [0.5, 0.6) is 11.5 Å². The molecular formula is C20H18BrN5O5. The lowest BCUT2D eigenvalue weighted by Gasteiger charge is -2.06. The van der Waals surface area contributed by atoms with Crippen molar-refractivity contribution in [3.8, 4) is 11.5 Å². The number of hydrogen-bond acceptors (Lipinski definition) is 7. The first-order valence-corrected chi connectivity index (χ1v) is 9.72. The summed E-state index contributed by atoms with van der Waals surface area (Å²) in [6.07, 6.45) is 3.09. The molecule has 0 saturated heterocycles. The van der Waals surface area contributed by atoms with Crippen molar-refractivity contribution >= 4 is 33.7 Å². The molecule has 11 heteroatoms. The number of nitro benzene ring substituents is 1. The van der Waals surface area contributed by atoms with Crippen LogP contribution >= 0.6 is 15.9 Å². The van der Waals surface area contributed by atoms with Gasteiger partial charge in [0.2, 0.25) is 0 Å². The average molecular weight is 488 g/mol. The van der Waals surface area contributed by atoms with Crippen molar-refractivity contribution in [3.05, 3.63) is 80.1 Å². The molecule has 31 heavy (non-hydrogen) atoms. The number of hydrogen-bond donors (Lipinski definition) is 1. The van der Waals surface area contributed by atoms with E-state index in [-0.39, 0.29) is 11.4 Å². The molecule has 3 aromatic rings. The zero-order valence-electron chi connectivity index (χ0n) is 16.6. The molecule has 0 bridgehead atoms. The maximum Gasteiger partial charge on any atom is 0.293 e. The van der Waals surface area contributed by atoms with E-state index in [9.17, 15) is 14.9 Å². The van der Waals surface area contributed by atoms with Gasteiger partial charge < -0.3 is 9.47 Å². The molecule has 0 radical (unpaired) electrons. The minimum Gasteiger partial charge on any atom is -0.497 e. The van der Waals surface area contributed by atoms with Crippen LogP contribution in [-0.4, -0.2) is 41.0 Å². The molecule has 2 aromatic carbocycles. The quantitative estimate of drug-likeness (QED) is 0.295. The monoisotopic (exact) mass is 487 g/mol. The van der Waals surface area contributed by atoms with Gasteiger partial charge in [-0.05, 0) is 39.7 Å². The van der Waals surface area contributed by atoms with Crippen LogP contribution in [0.4, 0.5) is 5.69 Å². The number of aromatic nitrogens is 2. The van der Waals surface area contributed by atoms with Crippen LogP contribution in [0.15, 0.2) is 58.2 Å². The number of nitrogens with one attached hydrogen (secondary N) is 1. The summed E-state index contributed by atoms with van der Waals surface area (Å²) < 4.78 is 12.5. The molecular weight excluding hydrogens is 470 g/mol. The number of benzene rings is 2. The van der Waals surface area contributed by atoms with Gasteiger partial charge in [-0.25, -0.2) is 5.43 Å². The molecule has 3 rings (SSSR count). The van der Waals surface area contributed by atoms with Gasteiger partial charge in [0.25, 0.3) is 11.6 Å². The lowest BCUT2D eigenvalue weighted by molar-refractivity contribution is -0.384. The van der Waals surface area contributed by atoms with Gasteiger partial charge in [-0.15, -0.1) is 0 Å². The Labute approximate surface area is 185 Å². The van der Waals surface area contributed by atoms with Crippen LogP contribution in [0.2, 0.25) is 0 Å². The zero-order chi connectivity index (χ0) is 22.4. The maximum atomic E-state index is 12.5. The molecule has 1 amide bonds. The Kier molecular flexibility index (Phi) is 6.98. The van der Waals surface area contributed by atoms with E-state index in [1.165, 1.54) is 25.5 Å². The van der Waals surface area contributed by atoms with E-state index in [1.807, 2.05) is 0 Å². The van der Waals surface area contributed by atoms with E-state index >= 15 is 0 Å². The third-order valence-corrected chi connectivity index (χ3v) is 4.81. The van der Waals surface area contributed by atoms with E-state index in [0.29, 0.717) is 28.1 Å². The van der Waals surface area contributed by atoms with Gasteiger partial charge in [-0.1, -0.05) is 12.1 Å². The Bertz CT molecular complexity index is 1130. The normalized spacial score (nSPS) is 10.8. The van der Waals surface area contributed by atoms with Gasteiger partial charge in [0.1, 0.15) is 11.5 Å². The molecule has 0 aliphatic heterocycles. The molecule has 1 N–H and O–H groups in total. The van der Waals surface area contributed by atoms with Crippen molar-refractivity contribution in [3.63, 3.8) is 0 Å². The molecule has 10 nitrogen and oxygen atoms in total. The van der Waals surface area contributed by atoms with E-state index < -0.39 is 10.8 Å². The summed E-state index contributed by atoms with van der Waals surface area (Å²) in [7, 11) is 3.08. The summed E-state index contributed by atoms with van der Waals surface area (Å²) >= 11 is 3.32. The van der Waals surface area contributed by atoms with Crippen LogP contribution in [0.1, 0.15) is 21.6 Å². The highest BCUT2D eigenvalue weighted by molar-refractivity contribution is 9.10. The van der Waals surface area contributed by atoms with Crippen LogP contribution in [0.25, 0.3) is 0 Å². The van der Waals surface area contributed by atoms with Crippen molar-refractivity contribution in [1.29, 1.82) is 0 Å². The number of methoxy groups -OCH3 is 2. The predicted octanol–water partition coefficient (Wildman–Crippen LogP) is 3.38. The van der Waals surface area contributed by atoms with Gasteiger partial charge >= 0.3 is 0 Å². The fourth-order valence-electron chi connectivity index (χ4n) is 2.70. The summed E-state index contributed by atoms with van der Waals surface area (Å²) in [6, 6.07) is 11.3. The molecule has 0 saturated carbocycles. The fraction of sp³-hybridized carbons (Fsp3) is 0.150. The first-order valence-electron chi connectivity index (χ1n) is 8.93. The minimum atomic E-state index is -0.507. The number of halogens is 1. The SMILES string of the molecule is COc1ccc(OC)c(C=NNC(=O)c2nn(Cc3ccc([N+](=O)[O-])cc3)cc2Br)c1. The van der Waals surface area contributed by atoms with E-state index in [1.54, 1.807) is 48.3 Å². The molecule has 160 valence electrons. The number of amides is 1. The van der Waals surface area contributed by atoms with Crippen molar-refractivity contribution in [2.75, 3.05) is 14.2 Å². The van der Waals surface area contributed by atoms with Crippen LogP contribution in [-0.2, 0) is 6.54 Å². The highest BCUT2D eigenvalue weighted by atomic mass is 79.9. The highest BCUT2D eigenvalue weighted by Crippen LogP contribution is 2.22. The predicted molar refractivity (Wildman–Crippen MR) is 117 cm³/mol. The molecule has 0 aliphatic carbocycles. The summed E-state index contributed by atoms with van der Waals surface area (Å²) in [5, 5.41) is 19.0. The van der Waals surface area contributed by atoms with Crippen LogP contribution < -0.4 is 14.9 Å². The van der Waals surface area contributed by atoms with Crippen LogP contribution in [0.3, 0.4) is 0 Å². The third-order valence-electron chi connectivity index (χ3n) is 4.23. The van der Waals surface area contributed by atoms with Crippen molar-refractivity contribution in [2.24, 2.45) is 5.10 Å². The Balaban J connectivity index is 1.68. The molecule has 0 aliphatic rings. The lowest BCUT2D eigenvalue weighted by atomic mass is 10.2. The second-order valence-corrected chi connectivity index (χ2v) is 7.11. The summed E-state index contributed by atoms with van der Waals surface area (Å²) in [5.74, 6) is 0.695. The Morgan fingerprint density at radius 3 is 2.65 bits per heavy atom. The number of carbonyl (C=O) groups excluding carboxylic acids is 1.